The number of nitrogens with one attached hydrogen (secondary N) is 1. The van der Waals surface area contributed by atoms with Crippen LogP contribution in [0.2, 0.25) is 0 Å². The number of aliphatic carboxylic acids is 1. The molecular formula is C11H16N2O4. The van der Waals surface area contributed by atoms with Crippen molar-refractivity contribution < 1.29 is 19.5 Å². The maximum absolute atomic E-state index is 12.1. The number of rotatable bonds is 3. The van der Waals surface area contributed by atoms with Crippen molar-refractivity contribution in [3.8, 4) is 0 Å². The predicted molar refractivity (Wildman–Crippen MR) is 58.2 cm³/mol. The molecule has 0 saturated carbocycles. The molecule has 2 aliphatic rings. The van der Waals surface area contributed by atoms with Gasteiger partial charge in [-0.2, -0.15) is 0 Å². The molecule has 0 aliphatic carbocycles. The molecule has 0 radical (unpaired) electrons. The SMILES string of the molecule is O=C(O)CC1CCCN1C(=O)[C@H]1CCC(=O)N1. The van der Waals surface area contributed by atoms with E-state index in [1.54, 1.807) is 4.90 Å². The van der Waals surface area contributed by atoms with Crippen molar-refractivity contribution in [2.45, 2.75) is 44.2 Å². The number of nitrogens with zero attached hydrogens (tertiary/aromatic N) is 1. The second-order valence-electron chi connectivity index (χ2n) is 4.58. The van der Waals surface area contributed by atoms with E-state index in [9.17, 15) is 14.4 Å². The van der Waals surface area contributed by atoms with Gasteiger partial charge in [0.15, 0.2) is 0 Å². The Hall–Kier alpha value is -1.59. The van der Waals surface area contributed by atoms with Crippen molar-refractivity contribution in [2.24, 2.45) is 0 Å². The van der Waals surface area contributed by atoms with Crippen LogP contribution in [0.15, 0.2) is 0 Å². The molecule has 2 rings (SSSR count). The average molecular weight is 240 g/mol. The third-order valence-electron chi connectivity index (χ3n) is 3.36. The summed E-state index contributed by atoms with van der Waals surface area (Å²) in [5, 5.41) is 11.4. The van der Waals surface area contributed by atoms with Crippen LogP contribution in [0.3, 0.4) is 0 Å². The van der Waals surface area contributed by atoms with Gasteiger partial charge in [-0.25, -0.2) is 0 Å². The Labute approximate surface area is 99.0 Å². The van der Waals surface area contributed by atoms with E-state index in [2.05, 4.69) is 5.32 Å². The highest BCUT2D eigenvalue weighted by Gasteiger charge is 2.36. The Morgan fingerprint density at radius 1 is 1.41 bits per heavy atom. The largest absolute Gasteiger partial charge is 0.481 e. The van der Waals surface area contributed by atoms with Crippen LogP contribution >= 0.6 is 0 Å². The molecule has 6 nitrogen and oxygen atoms in total. The van der Waals surface area contributed by atoms with Gasteiger partial charge in [-0.1, -0.05) is 0 Å². The normalized spacial score (nSPS) is 28.2. The smallest absolute Gasteiger partial charge is 0.305 e. The number of carbonyl (C=O) groups is 3. The van der Waals surface area contributed by atoms with Crippen molar-refractivity contribution in [1.29, 1.82) is 0 Å². The van der Waals surface area contributed by atoms with Crippen molar-refractivity contribution in [3.05, 3.63) is 0 Å². The number of carbonyl (C=O) groups excluding carboxylic acids is 2. The molecule has 2 saturated heterocycles. The van der Waals surface area contributed by atoms with Gasteiger partial charge in [-0.3, -0.25) is 14.4 Å². The molecule has 0 aromatic carbocycles. The summed E-state index contributed by atoms with van der Waals surface area (Å²) in [5.41, 5.74) is 0. The molecule has 2 aliphatic heterocycles. The zero-order valence-corrected chi connectivity index (χ0v) is 9.52. The number of hydrogen-bond donors (Lipinski definition) is 2. The molecule has 2 amide bonds. The van der Waals surface area contributed by atoms with Crippen LogP contribution in [0.4, 0.5) is 0 Å². The summed E-state index contributed by atoms with van der Waals surface area (Å²) in [5.74, 6) is -1.11. The minimum Gasteiger partial charge on any atom is -0.481 e. The lowest BCUT2D eigenvalue weighted by Crippen LogP contribution is -2.47. The molecule has 6 heteroatoms. The summed E-state index contributed by atoms with van der Waals surface area (Å²) in [6.45, 7) is 0.600. The molecule has 94 valence electrons. The predicted octanol–water partition coefficient (Wildman–Crippen LogP) is -0.269. The van der Waals surface area contributed by atoms with Crippen LogP contribution in [0.25, 0.3) is 0 Å². The first-order valence-electron chi connectivity index (χ1n) is 5.89. The molecule has 2 atom stereocenters. The maximum Gasteiger partial charge on any atom is 0.305 e. The van der Waals surface area contributed by atoms with Crippen LogP contribution < -0.4 is 5.32 Å². The third-order valence-corrected chi connectivity index (χ3v) is 3.36. The number of hydrogen-bond acceptors (Lipinski definition) is 3. The third kappa shape index (κ3) is 2.57. The monoisotopic (exact) mass is 240 g/mol. The van der Waals surface area contributed by atoms with Crippen LogP contribution in [0.1, 0.15) is 32.1 Å². The van der Waals surface area contributed by atoms with Gasteiger partial charge in [-0.05, 0) is 19.3 Å². The van der Waals surface area contributed by atoms with E-state index >= 15 is 0 Å². The van der Waals surface area contributed by atoms with Crippen molar-refractivity contribution >= 4 is 17.8 Å². The highest BCUT2D eigenvalue weighted by atomic mass is 16.4. The van der Waals surface area contributed by atoms with E-state index in [4.69, 9.17) is 5.11 Å². The molecule has 2 N–H and O–H groups in total. The molecule has 0 aromatic rings. The van der Waals surface area contributed by atoms with E-state index in [1.165, 1.54) is 0 Å². The Morgan fingerprint density at radius 3 is 2.76 bits per heavy atom. The maximum atomic E-state index is 12.1. The molecule has 0 spiro atoms. The van der Waals surface area contributed by atoms with Gasteiger partial charge in [0.05, 0.1) is 6.42 Å². The first kappa shape index (κ1) is 11.9. The second kappa shape index (κ2) is 4.73. The summed E-state index contributed by atoms with van der Waals surface area (Å²) >= 11 is 0. The van der Waals surface area contributed by atoms with Crippen molar-refractivity contribution in [1.82, 2.24) is 10.2 Å². The summed E-state index contributed by atoms with van der Waals surface area (Å²) in [7, 11) is 0. The first-order valence-corrected chi connectivity index (χ1v) is 5.89. The number of carboxylic acid groups (broad SMARTS) is 1. The molecule has 2 heterocycles. The van der Waals surface area contributed by atoms with Crippen molar-refractivity contribution in [3.63, 3.8) is 0 Å². The summed E-state index contributed by atoms with van der Waals surface area (Å²) in [4.78, 5) is 35.5. The number of carboxylic acids is 1. The van der Waals surface area contributed by atoms with Gasteiger partial charge in [0.2, 0.25) is 11.8 Å². The van der Waals surface area contributed by atoms with E-state index in [0.717, 1.165) is 12.8 Å². The fourth-order valence-electron chi connectivity index (χ4n) is 2.54. The Kier molecular flexibility index (Phi) is 3.31. The van der Waals surface area contributed by atoms with Crippen LogP contribution in [-0.2, 0) is 14.4 Å². The highest BCUT2D eigenvalue weighted by Crippen LogP contribution is 2.22. The molecule has 1 unspecified atom stereocenters. The van der Waals surface area contributed by atoms with Crippen LogP contribution in [0.5, 0.6) is 0 Å². The van der Waals surface area contributed by atoms with Crippen LogP contribution in [-0.4, -0.2) is 46.4 Å². The van der Waals surface area contributed by atoms with E-state index in [1.807, 2.05) is 0 Å². The highest BCUT2D eigenvalue weighted by molar-refractivity contribution is 5.91. The minimum absolute atomic E-state index is 0.00753. The molecular weight excluding hydrogens is 224 g/mol. The van der Waals surface area contributed by atoms with Gasteiger partial charge in [-0.15, -0.1) is 0 Å². The Morgan fingerprint density at radius 2 is 2.18 bits per heavy atom. The minimum atomic E-state index is -0.884. The fraction of sp³-hybridized carbons (Fsp3) is 0.727. The lowest BCUT2D eigenvalue weighted by atomic mass is 10.1. The number of amides is 2. The standard InChI is InChI=1S/C11H16N2O4/c14-9-4-3-8(12-9)11(17)13-5-1-2-7(13)6-10(15)16/h7-8H,1-6H2,(H,12,14)(H,15,16)/t7?,8-/m1/s1. The molecule has 0 aromatic heterocycles. The number of likely N-dealkylation sites (tertiary alicyclic amines) is 1. The topological polar surface area (TPSA) is 86.7 Å². The molecule has 17 heavy (non-hydrogen) atoms. The van der Waals surface area contributed by atoms with Crippen LogP contribution in [0, 0.1) is 0 Å². The lowest BCUT2D eigenvalue weighted by molar-refractivity contribution is -0.140. The summed E-state index contributed by atoms with van der Waals surface area (Å²) in [6.07, 6.45) is 2.47. The van der Waals surface area contributed by atoms with E-state index in [-0.39, 0.29) is 24.3 Å². The van der Waals surface area contributed by atoms with Gasteiger partial charge in [0, 0.05) is 19.0 Å². The fourth-order valence-corrected chi connectivity index (χ4v) is 2.54. The molecule has 2 fully saturated rings. The zero-order valence-electron chi connectivity index (χ0n) is 9.52. The van der Waals surface area contributed by atoms with Gasteiger partial charge < -0.3 is 15.3 Å². The van der Waals surface area contributed by atoms with E-state index < -0.39 is 12.0 Å². The van der Waals surface area contributed by atoms with Gasteiger partial charge in [0.1, 0.15) is 6.04 Å². The quantitative estimate of drug-likeness (QED) is 0.711. The van der Waals surface area contributed by atoms with Crippen molar-refractivity contribution in [2.75, 3.05) is 6.54 Å². The van der Waals surface area contributed by atoms with Gasteiger partial charge in [0.25, 0.3) is 0 Å². The summed E-state index contributed by atoms with van der Waals surface area (Å²) in [6, 6.07) is -0.658. The average Bonchev–Trinajstić information content (AvgIpc) is 2.85. The Balaban J connectivity index is 1.98. The van der Waals surface area contributed by atoms with Gasteiger partial charge >= 0.3 is 5.97 Å². The first-order chi connectivity index (χ1) is 8.08. The summed E-state index contributed by atoms with van der Waals surface area (Å²) < 4.78 is 0. The zero-order chi connectivity index (χ0) is 12.4. The molecule has 0 bridgehead atoms. The van der Waals surface area contributed by atoms with E-state index in [0.29, 0.717) is 19.4 Å². The Bertz CT molecular complexity index is 355. The lowest BCUT2D eigenvalue weighted by Gasteiger charge is -2.26. The second-order valence-corrected chi connectivity index (χ2v) is 4.58.